The third-order valence-electron chi connectivity index (χ3n) is 5.62. The molecular formula is C21H18O7. The fourth-order valence-electron chi connectivity index (χ4n) is 4.14. The van der Waals surface area contributed by atoms with E-state index in [9.17, 15) is 29.7 Å². The van der Waals surface area contributed by atoms with Crippen molar-refractivity contribution < 1.29 is 34.4 Å². The van der Waals surface area contributed by atoms with E-state index in [1.54, 1.807) is 12.1 Å². The van der Waals surface area contributed by atoms with E-state index in [4.69, 9.17) is 4.74 Å². The van der Waals surface area contributed by atoms with Crippen LogP contribution in [0.1, 0.15) is 62.4 Å². The van der Waals surface area contributed by atoms with Gasteiger partial charge in [0.25, 0.3) is 0 Å². The van der Waals surface area contributed by atoms with E-state index >= 15 is 0 Å². The van der Waals surface area contributed by atoms with E-state index in [2.05, 4.69) is 0 Å². The summed E-state index contributed by atoms with van der Waals surface area (Å²) in [5.74, 6) is -1.87. The molecule has 0 saturated carbocycles. The normalized spacial score (nSPS) is 22.9. The number of fused-ring (bicyclic) bond motifs is 3. The molecule has 2 atom stereocenters. The average molecular weight is 382 g/mol. The highest BCUT2D eigenvalue weighted by atomic mass is 16.5. The summed E-state index contributed by atoms with van der Waals surface area (Å²) in [5.41, 5.74) is -1.49. The summed E-state index contributed by atoms with van der Waals surface area (Å²) < 4.78 is 5.20. The summed E-state index contributed by atoms with van der Waals surface area (Å²) in [6.07, 6.45) is -1.82. The Balaban J connectivity index is 1.97. The number of phenols is 1. The molecule has 2 aliphatic rings. The van der Waals surface area contributed by atoms with E-state index in [1.165, 1.54) is 26.2 Å². The van der Waals surface area contributed by atoms with Gasteiger partial charge in [-0.25, -0.2) is 0 Å². The minimum atomic E-state index is -1.80. The predicted octanol–water partition coefficient (Wildman–Crippen LogP) is 1.48. The lowest BCUT2D eigenvalue weighted by atomic mass is 9.73. The maximum atomic E-state index is 13.1. The van der Waals surface area contributed by atoms with Crippen LogP contribution in [0, 0.1) is 0 Å². The molecule has 3 N–H and O–H groups in total. The second-order valence-electron chi connectivity index (χ2n) is 7.25. The Morgan fingerprint density at radius 2 is 1.89 bits per heavy atom. The lowest BCUT2D eigenvalue weighted by molar-refractivity contribution is -0.139. The number of hydrogen-bond donors (Lipinski definition) is 3. The molecule has 0 amide bonds. The molecule has 0 aromatic heterocycles. The van der Waals surface area contributed by atoms with Crippen LogP contribution >= 0.6 is 0 Å². The van der Waals surface area contributed by atoms with Crippen molar-refractivity contribution in [2.75, 3.05) is 7.11 Å². The standard InChI is InChI=1S/C21H18O7/c1-9(22)21(27)7-10-6-12-17(19(25)15(10)13(23)8-21)20(26)16-11(18(12)24)4-3-5-14(16)28-2/h3-6,13,23,25,27H,7-8H2,1-2H3/t13-,21-/m0/s1. The van der Waals surface area contributed by atoms with Crippen LogP contribution in [0.3, 0.4) is 0 Å². The van der Waals surface area contributed by atoms with Crippen molar-refractivity contribution in [3.63, 3.8) is 0 Å². The van der Waals surface area contributed by atoms with Crippen molar-refractivity contribution in [1.82, 2.24) is 0 Å². The fraction of sp³-hybridized carbons (Fsp3) is 0.286. The number of carbonyl (C=O) groups excluding carboxylic acids is 3. The Morgan fingerprint density at radius 1 is 1.18 bits per heavy atom. The van der Waals surface area contributed by atoms with Gasteiger partial charge in [0, 0.05) is 29.5 Å². The summed E-state index contributed by atoms with van der Waals surface area (Å²) in [7, 11) is 1.38. The highest BCUT2D eigenvalue weighted by Gasteiger charge is 2.45. The van der Waals surface area contributed by atoms with Crippen molar-refractivity contribution in [2.45, 2.75) is 31.5 Å². The highest BCUT2D eigenvalue weighted by molar-refractivity contribution is 6.30. The smallest absolute Gasteiger partial charge is 0.201 e. The first-order valence-electron chi connectivity index (χ1n) is 8.76. The molecule has 28 heavy (non-hydrogen) atoms. The predicted molar refractivity (Wildman–Crippen MR) is 96.9 cm³/mol. The number of methoxy groups -OCH3 is 1. The van der Waals surface area contributed by atoms with Crippen molar-refractivity contribution in [3.05, 3.63) is 57.6 Å². The quantitative estimate of drug-likeness (QED) is 0.614. The van der Waals surface area contributed by atoms with Crippen LogP contribution in [0.2, 0.25) is 0 Å². The number of aliphatic hydroxyl groups is 2. The number of Topliss-reactive ketones (excluding diaryl/α,β-unsaturated/α-hetero) is 1. The molecule has 0 unspecified atom stereocenters. The zero-order chi connectivity index (χ0) is 20.4. The molecule has 2 aromatic rings. The molecule has 0 aliphatic heterocycles. The Hall–Kier alpha value is -3.03. The highest BCUT2D eigenvalue weighted by Crippen LogP contribution is 2.46. The molecule has 0 bridgehead atoms. The monoisotopic (exact) mass is 382 g/mol. The molecular weight excluding hydrogens is 364 g/mol. The van der Waals surface area contributed by atoms with Crippen molar-refractivity contribution in [1.29, 1.82) is 0 Å². The van der Waals surface area contributed by atoms with E-state index in [-0.39, 0.29) is 52.0 Å². The van der Waals surface area contributed by atoms with E-state index in [0.717, 1.165) is 0 Å². The lowest BCUT2D eigenvalue weighted by Crippen LogP contribution is -2.44. The van der Waals surface area contributed by atoms with Crippen LogP contribution in [-0.2, 0) is 11.2 Å². The molecule has 144 valence electrons. The number of hydrogen-bond acceptors (Lipinski definition) is 7. The number of aromatic hydroxyl groups is 1. The molecule has 0 heterocycles. The third kappa shape index (κ3) is 2.33. The largest absolute Gasteiger partial charge is 0.507 e. The maximum Gasteiger partial charge on any atom is 0.201 e. The van der Waals surface area contributed by atoms with Gasteiger partial charge in [-0.1, -0.05) is 12.1 Å². The van der Waals surface area contributed by atoms with Gasteiger partial charge in [-0.2, -0.15) is 0 Å². The molecule has 0 radical (unpaired) electrons. The average Bonchev–Trinajstić information content (AvgIpc) is 2.64. The zero-order valence-corrected chi connectivity index (χ0v) is 15.3. The van der Waals surface area contributed by atoms with Crippen molar-refractivity contribution >= 4 is 17.3 Å². The van der Waals surface area contributed by atoms with Gasteiger partial charge in [-0.15, -0.1) is 0 Å². The van der Waals surface area contributed by atoms with Gasteiger partial charge in [0.15, 0.2) is 11.6 Å². The minimum Gasteiger partial charge on any atom is -0.507 e. The lowest BCUT2D eigenvalue weighted by Gasteiger charge is -2.36. The van der Waals surface area contributed by atoms with Crippen LogP contribution in [0.15, 0.2) is 24.3 Å². The minimum absolute atomic E-state index is 0.0259. The molecule has 0 fully saturated rings. The third-order valence-corrected chi connectivity index (χ3v) is 5.62. The van der Waals surface area contributed by atoms with E-state index < -0.39 is 34.8 Å². The molecule has 7 heteroatoms. The first-order valence-corrected chi connectivity index (χ1v) is 8.76. The summed E-state index contributed by atoms with van der Waals surface area (Å²) >= 11 is 0. The number of phenolic OH excluding ortho intramolecular Hbond substituents is 1. The Bertz CT molecular complexity index is 1070. The van der Waals surface area contributed by atoms with Crippen LogP contribution in [0.4, 0.5) is 0 Å². The molecule has 7 nitrogen and oxygen atoms in total. The number of benzene rings is 2. The first kappa shape index (κ1) is 18.3. The van der Waals surface area contributed by atoms with Crippen LogP contribution in [0.25, 0.3) is 0 Å². The molecule has 2 aromatic carbocycles. The van der Waals surface area contributed by atoms with Crippen LogP contribution < -0.4 is 4.74 Å². The van der Waals surface area contributed by atoms with Gasteiger partial charge in [-0.3, -0.25) is 14.4 Å². The van der Waals surface area contributed by atoms with Crippen LogP contribution in [-0.4, -0.2) is 45.4 Å². The second-order valence-corrected chi connectivity index (χ2v) is 7.25. The number of ketones is 3. The Morgan fingerprint density at radius 3 is 2.54 bits per heavy atom. The number of aliphatic hydroxyl groups excluding tert-OH is 1. The summed E-state index contributed by atoms with van der Waals surface area (Å²) in [5, 5.41) is 31.8. The van der Waals surface area contributed by atoms with Gasteiger partial charge in [0.05, 0.1) is 24.3 Å². The van der Waals surface area contributed by atoms with E-state index in [1.807, 2.05) is 0 Å². The maximum absolute atomic E-state index is 13.1. The Labute approximate surface area is 160 Å². The summed E-state index contributed by atoms with van der Waals surface area (Å²) in [6, 6.07) is 6.01. The molecule has 0 saturated heterocycles. The SMILES string of the molecule is COc1cccc2c1C(=O)c1c(cc3c(c1O)[C@@H](O)C[C@](O)(C(C)=O)C3)C2=O. The summed E-state index contributed by atoms with van der Waals surface area (Å²) in [6.45, 7) is 1.22. The number of ether oxygens (including phenoxy) is 1. The van der Waals surface area contributed by atoms with Gasteiger partial charge in [-0.05, 0) is 24.6 Å². The van der Waals surface area contributed by atoms with Crippen LogP contribution in [0.5, 0.6) is 11.5 Å². The fourth-order valence-corrected chi connectivity index (χ4v) is 4.14. The summed E-state index contributed by atoms with van der Waals surface area (Å²) in [4.78, 5) is 38.0. The van der Waals surface area contributed by atoms with Gasteiger partial charge < -0.3 is 20.1 Å². The Kier molecular flexibility index (Phi) is 3.92. The van der Waals surface area contributed by atoms with Crippen molar-refractivity contribution in [2.24, 2.45) is 0 Å². The first-order chi connectivity index (χ1) is 13.2. The number of rotatable bonds is 2. The topological polar surface area (TPSA) is 121 Å². The zero-order valence-electron chi connectivity index (χ0n) is 15.3. The van der Waals surface area contributed by atoms with Crippen molar-refractivity contribution in [3.8, 4) is 11.5 Å². The number of carbonyl (C=O) groups is 3. The molecule has 0 spiro atoms. The molecule has 4 rings (SSSR count). The second kappa shape index (κ2) is 5.98. The van der Waals surface area contributed by atoms with E-state index in [0.29, 0.717) is 0 Å². The van der Waals surface area contributed by atoms with Gasteiger partial charge in [0.2, 0.25) is 5.78 Å². The molecule has 2 aliphatic carbocycles. The van der Waals surface area contributed by atoms with Gasteiger partial charge >= 0.3 is 0 Å². The van der Waals surface area contributed by atoms with Gasteiger partial charge in [0.1, 0.15) is 17.1 Å².